The van der Waals surface area contributed by atoms with E-state index in [-0.39, 0.29) is 54.2 Å². The maximum Gasteiger partial charge on any atom is 0.313 e. The molecule has 2 N–H and O–H groups in total. The highest BCUT2D eigenvalue weighted by Crippen LogP contribution is 2.39. The third-order valence-electron chi connectivity index (χ3n) is 3.80. The quantitative estimate of drug-likeness (QED) is 0.626. The minimum Gasteiger partial charge on any atom is -0.481 e. The van der Waals surface area contributed by atoms with Crippen LogP contribution in [0.4, 0.5) is 0 Å². The molecule has 7 nitrogen and oxygen atoms in total. The number of hydrogen-bond donors (Lipinski definition) is 2. The fraction of sp³-hybridized carbons (Fsp3) is 0.692. The number of carboxylic acid groups (broad SMARTS) is 1. The minimum absolute atomic E-state index is 0.0550. The van der Waals surface area contributed by atoms with Crippen LogP contribution in [0.1, 0.15) is 19.3 Å². The highest BCUT2D eigenvalue weighted by Gasteiger charge is 2.49. The zero-order chi connectivity index (χ0) is 15.4. The number of hydrogen-bond acceptors (Lipinski definition) is 5. The summed E-state index contributed by atoms with van der Waals surface area (Å²) in [5.74, 6) is -1.86. The van der Waals surface area contributed by atoms with Crippen molar-refractivity contribution in [3.63, 3.8) is 0 Å². The van der Waals surface area contributed by atoms with Gasteiger partial charge in [0.15, 0.2) is 0 Å². The summed E-state index contributed by atoms with van der Waals surface area (Å²) in [6.07, 6.45) is 2.49. The maximum absolute atomic E-state index is 12.0. The molecule has 2 rings (SSSR count). The fourth-order valence-electron chi connectivity index (χ4n) is 2.87. The average Bonchev–Trinajstić information content (AvgIpc) is 2.97. The molecule has 8 heteroatoms. The van der Waals surface area contributed by atoms with E-state index in [1.54, 1.807) is 0 Å². The Morgan fingerprint density at radius 1 is 1.19 bits per heavy atom. The maximum atomic E-state index is 12.0. The minimum atomic E-state index is -0.965. The van der Waals surface area contributed by atoms with E-state index in [1.165, 1.54) is 4.90 Å². The van der Waals surface area contributed by atoms with Crippen molar-refractivity contribution in [1.82, 2.24) is 10.2 Å². The highest BCUT2D eigenvalue weighted by atomic mass is 32.2. The number of imide groups is 1. The highest BCUT2D eigenvalue weighted by molar-refractivity contribution is 8.00. The van der Waals surface area contributed by atoms with Crippen molar-refractivity contribution >= 4 is 35.5 Å². The molecule has 1 unspecified atom stereocenters. The summed E-state index contributed by atoms with van der Waals surface area (Å²) in [7, 11) is 0. The average molecular weight is 314 g/mol. The first-order valence-corrected chi connectivity index (χ1v) is 8.07. The Hall–Kier alpha value is -1.57. The lowest BCUT2D eigenvalue weighted by Crippen LogP contribution is -2.39. The number of carboxylic acids is 1. The number of nitrogens with zero attached hydrogens (tertiary/aromatic N) is 1. The standard InChI is InChI=1S/C13H18N2O5S/c16-10(6-21-7-11(17)18)14-4-5-15-12(19)8-2-1-3-9(8)13(15)20/h8-9H,1-7H2,(H,14,16)(H,17,18)/t8-,9?/m0/s1. The zero-order valence-electron chi connectivity index (χ0n) is 11.5. The number of thioether (sulfide) groups is 1. The molecule has 0 aromatic rings. The van der Waals surface area contributed by atoms with Gasteiger partial charge in [-0.15, -0.1) is 11.8 Å². The Balaban J connectivity index is 1.69. The molecule has 2 aliphatic rings. The van der Waals surface area contributed by atoms with Crippen molar-refractivity contribution < 1.29 is 24.3 Å². The molecule has 1 aliphatic carbocycles. The van der Waals surface area contributed by atoms with Gasteiger partial charge in [0, 0.05) is 13.1 Å². The van der Waals surface area contributed by atoms with E-state index in [2.05, 4.69) is 5.32 Å². The van der Waals surface area contributed by atoms with Gasteiger partial charge < -0.3 is 10.4 Å². The molecule has 3 amide bonds. The van der Waals surface area contributed by atoms with Gasteiger partial charge in [-0.1, -0.05) is 6.42 Å². The molecule has 0 aromatic heterocycles. The van der Waals surface area contributed by atoms with Gasteiger partial charge in [-0.25, -0.2) is 0 Å². The number of rotatable bonds is 7. The number of fused-ring (bicyclic) bond motifs is 1. The van der Waals surface area contributed by atoms with Crippen molar-refractivity contribution in [1.29, 1.82) is 0 Å². The molecule has 1 saturated heterocycles. The number of amides is 3. The Labute approximate surface area is 126 Å². The lowest BCUT2D eigenvalue weighted by atomic mass is 10.00. The van der Waals surface area contributed by atoms with Crippen LogP contribution in [0.5, 0.6) is 0 Å². The summed E-state index contributed by atoms with van der Waals surface area (Å²) in [5, 5.41) is 11.0. The van der Waals surface area contributed by atoms with Crippen LogP contribution in [0.25, 0.3) is 0 Å². The molecule has 1 saturated carbocycles. The summed E-state index contributed by atoms with van der Waals surface area (Å²) < 4.78 is 0. The van der Waals surface area contributed by atoms with E-state index >= 15 is 0 Å². The number of carbonyl (C=O) groups is 4. The van der Waals surface area contributed by atoms with Crippen LogP contribution < -0.4 is 5.32 Å². The summed E-state index contributed by atoms with van der Waals surface area (Å²) in [4.78, 5) is 47.1. The van der Waals surface area contributed by atoms with Gasteiger partial charge in [0.25, 0.3) is 0 Å². The Morgan fingerprint density at radius 3 is 2.38 bits per heavy atom. The van der Waals surface area contributed by atoms with Crippen LogP contribution in [0.3, 0.4) is 0 Å². The number of carbonyl (C=O) groups excluding carboxylic acids is 3. The second kappa shape index (κ2) is 6.93. The van der Waals surface area contributed by atoms with Crippen molar-refractivity contribution in [2.75, 3.05) is 24.6 Å². The molecule has 1 aliphatic heterocycles. The van der Waals surface area contributed by atoms with Crippen LogP contribution in [-0.4, -0.2) is 58.3 Å². The van der Waals surface area contributed by atoms with Crippen LogP contribution in [0, 0.1) is 11.8 Å². The lowest BCUT2D eigenvalue weighted by Gasteiger charge is -2.16. The van der Waals surface area contributed by atoms with E-state index in [4.69, 9.17) is 5.11 Å². The van der Waals surface area contributed by atoms with Gasteiger partial charge >= 0.3 is 5.97 Å². The third-order valence-corrected chi connectivity index (χ3v) is 4.72. The Bertz CT molecular complexity index is 445. The van der Waals surface area contributed by atoms with E-state index in [1.807, 2.05) is 0 Å². The van der Waals surface area contributed by atoms with Crippen LogP contribution >= 0.6 is 11.8 Å². The first kappa shape index (κ1) is 15.8. The third kappa shape index (κ3) is 3.75. The number of likely N-dealkylation sites (tertiary alicyclic amines) is 1. The topological polar surface area (TPSA) is 104 Å². The molecule has 0 bridgehead atoms. The first-order valence-electron chi connectivity index (χ1n) is 6.92. The second-order valence-electron chi connectivity index (χ2n) is 5.21. The van der Waals surface area contributed by atoms with Crippen molar-refractivity contribution in [2.24, 2.45) is 11.8 Å². The molecule has 1 heterocycles. The second-order valence-corrected chi connectivity index (χ2v) is 6.19. The zero-order valence-corrected chi connectivity index (χ0v) is 12.4. The summed E-state index contributed by atoms with van der Waals surface area (Å²) in [6, 6.07) is 0. The summed E-state index contributed by atoms with van der Waals surface area (Å²) in [5.41, 5.74) is 0. The molecule has 21 heavy (non-hydrogen) atoms. The SMILES string of the molecule is O=C(O)CSCC(=O)NCCN1C(=O)C2CCC[C@@H]2C1=O. The van der Waals surface area contributed by atoms with Crippen LogP contribution in [0.15, 0.2) is 0 Å². The molecular weight excluding hydrogens is 296 g/mol. The van der Waals surface area contributed by atoms with Gasteiger partial charge in [-0.3, -0.25) is 24.1 Å². The summed E-state index contributed by atoms with van der Waals surface area (Å²) in [6.45, 7) is 0.406. The van der Waals surface area contributed by atoms with Crippen molar-refractivity contribution in [3.05, 3.63) is 0 Å². The molecule has 2 fully saturated rings. The first-order chi connectivity index (χ1) is 10.0. The predicted octanol–water partition coefficient (Wildman–Crippen LogP) is -0.295. The number of aliphatic carboxylic acids is 1. The normalized spacial score (nSPS) is 24.3. The molecule has 2 atom stereocenters. The van der Waals surface area contributed by atoms with Crippen LogP contribution in [0.2, 0.25) is 0 Å². The van der Waals surface area contributed by atoms with Gasteiger partial charge in [0.05, 0.1) is 23.3 Å². The fourth-order valence-corrected chi connectivity index (χ4v) is 3.43. The van der Waals surface area contributed by atoms with Gasteiger partial charge in [0.1, 0.15) is 0 Å². The van der Waals surface area contributed by atoms with Gasteiger partial charge in [-0.2, -0.15) is 0 Å². The Morgan fingerprint density at radius 2 is 1.81 bits per heavy atom. The lowest BCUT2D eigenvalue weighted by molar-refractivity contribution is -0.140. The summed E-state index contributed by atoms with van der Waals surface area (Å²) >= 11 is 1.01. The van der Waals surface area contributed by atoms with Crippen molar-refractivity contribution in [2.45, 2.75) is 19.3 Å². The van der Waals surface area contributed by atoms with Crippen molar-refractivity contribution in [3.8, 4) is 0 Å². The van der Waals surface area contributed by atoms with Crippen LogP contribution in [-0.2, 0) is 19.2 Å². The van der Waals surface area contributed by atoms with E-state index < -0.39 is 5.97 Å². The smallest absolute Gasteiger partial charge is 0.313 e. The van der Waals surface area contributed by atoms with E-state index in [0.717, 1.165) is 31.0 Å². The molecule has 116 valence electrons. The molecule has 0 aromatic carbocycles. The van der Waals surface area contributed by atoms with Gasteiger partial charge in [-0.05, 0) is 12.8 Å². The molecule has 0 spiro atoms. The van der Waals surface area contributed by atoms with E-state index in [0.29, 0.717) is 0 Å². The van der Waals surface area contributed by atoms with E-state index in [9.17, 15) is 19.2 Å². The number of nitrogens with one attached hydrogen (secondary N) is 1. The molecular formula is C13H18N2O5S. The Kier molecular flexibility index (Phi) is 5.22. The largest absolute Gasteiger partial charge is 0.481 e. The van der Waals surface area contributed by atoms with Gasteiger partial charge in [0.2, 0.25) is 17.7 Å². The predicted molar refractivity (Wildman–Crippen MR) is 75.5 cm³/mol. The molecule has 0 radical (unpaired) electrons. The monoisotopic (exact) mass is 314 g/mol.